The van der Waals surface area contributed by atoms with Gasteiger partial charge in [-0.3, -0.25) is 9.78 Å². The van der Waals surface area contributed by atoms with Gasteiger partial charge in [0.1, 0.15) is 13.2 Å². The molecule has 0 bridgehead atoms. The van der Waals surface area contributed by atoms with E-state index in [-0.39, 0.29) is 30.6 Å². The highest BCUT2D eigenvalue weighted by molar-refractivity contribution is 6.02. The van der Waals surface area contributed by atoms with Gasteiger partial charge in [0.2, 0.25) is 0 Å². The second kappa shape index (κ2) is 8.72. The molecule has 140 valence electrons. The van der Waals surface area contributed by atoms with Crippen molar-refractivity contribution in [3.8, 4) is 11.6 Å². The molecule has 0 saturated carbocycles. The normalized spacial score (nSPS) is 10.4. The van der Waals surface area contributed by atoms with Crippen LogP contribution in [0.15, 0.2) is 41.1 Å². The van der Waals surface area contributed by atoms with Crippen LogP contribution in [0, 0.1) is 0 Å². The highest BCUT2D eigenvalue weighted by atomic mass is 16.5. The molecule has 0 unspecified atom stereocenters. The van der Waals surface area contributed by atoms with Crippen LogP contribution in [0.4, 0.5) is 5.82 Å². The summed E-state index contributed by atoms with van der Waals surface area (Å²) in [5.41, 5.74) is 0.829. The molecule has 10 nitrogen and oxygen atoms in total. The van der Waals surface area contributed by atoms with E-state index >= 15 is 0 Å². The van der Waals surface area contributed by atoms with Crippen LogP contribution in [-0.2, 0) is 18.0 Å². The zero-order valence-corrected chi connectivity index (χ0v) is 14.7. The van der Waals surface area contributed by atoms with Crippen molar-refractivity contribution in [2.24, 2.45) is 0 Å². The summed E-state index contributed by atoms with van der Waals surface area (Å²) in [4.78, 5) is 16.4. The predicted octanol–water partition coefficient (Wildman–Crippen LogP) is 1.85. The summed E-state index contributed by atoms with van der Waals surface area (Å²) in [5.74, 6) is 0.615. The Morgan fingerprint density at radius 1 is 1.19 bits per heavy atom. The Labute approximate surface area is 154 Å². The van der Waals surface area contributed by atoms with Crippen LogP contribution in [0.5, 0.6) is 11.6 Å². The molecular weight excluding hydrogens is 354 g/mol. The lowest BCUT2D eigenvalue weighted by Gasteiger charge is -2.10. The molecule has 0 radical (unpaired) electrons. The Kier molecular flexibility index (Phi) is 5.90. The molecule has 1 amide bonds. The van der Waals surface area contributed by atoms with Crippen LogP contribution in [0.25, 0.3) is 0 Å². The predicted molar refractivity (Wildman–Crippen MR) is 92.3 cm³/mol. The highest BCUT2D eigenvalue weighted by Gasteiger charge is 2.16. The number of ether oxygens (including phenoxy) is 3. The first-order valence-corrected chi connectivity index (χ1v) is 7.90. The zero-order chi connectivity index (χ0) is 19.1. The molecule has 0 saturated heterocycles. The van der Waals surface area contributed by atoms with Crippen molar-refractivity contribution in [2.45, 2.75) is 13.2 Å². The van der Waals surface area contributed by atoms with Gasteiger partial charge in [-0.2, -0.15) is 0 Å². The molecule has 10 heteroatoms. The fourth-order valence-corrected chi connectivity index (χ4v) is 2.11. The number of nitrogens with zero attached hydrogens (tertiary/aromatic N) is 4. The summed E-state index contributed by atoms with van der Waals surface area (Å²) in [6.45, 7) is 0.426. The number of carbonyl (C=O) groups is 1. The number of amides is 1. The molecule has 3 aromatic heterocycles. The van der Waals surface area contributed by atoms with Crippen LogP contribution in [0.3, 0.4) is 0 Å². The lowest BCUT2D eigenvalue weighted by molar-refractivity contribution is 0.101. The number of hydrogen-bond acceptors (Lipinski definition) is 9. The maximum atomic E-state index is 12.2. The second-order valence-electron chi connectivity index (χ2n) is 5.28. The molecule has 3 aromatic rings. The first kappa shape index (κ1) is 18.3. The van der Waals surface area contributed by atoms with Gasteiger partial charge < -0.3 is 24.1 Å². The maximum absolute atomic E-state index is 12.2. The number of hydrogen-bond donors (Lipinski definition) is 1. The van der Waals surface area contributed by atoms with Crippen molar-refractivity contribution in [3.05, 3.63) is 53.7 Å². The Morgan fingerprint density at radius 3 is 2.81 bits per heavy atom. The topological polar surface area (TPSA) is 121 Å². The van der Waals surface area contributed by atoms with E-state index in [0.29, 0.717) is 11.5 Å². The van der Waals surface area contributed by atoms with Crippen LogP contribution >= 0.6 is 0 Å². The molecule has 0 aliphatic heterocycles. The number of anilines is 1. The summed E-state index contributed by atoms with van der Waals surface area (Å²) in [6, 6.07) is 8.47. The minimum Gasteiger partial charge on any atom is -0.491 e. The number of rotatable bonds is 8. The largest absolute Gasteiger partial charge is 0.491 e. The van der Waals surface area contributed by atoms with E-state index in [0.717, 1.165) is 5.69 Å². The van der Waals surface area contributed by atoms with Crippen molar-refractivity contribution >= 4 is 11.7 Å². The van der Waals surface area contributed by atoms with Gasteiger partial charge in [-0.05, 0) is 12.1 Å². The van der Waals surface area contributed by atoms with Crippen LogP contribution in [0.2, 0.25) is 0 Å². The van der Waals surface area contributed by atoms with Gasteiger partial charge in [-0.1, -0.05) is 11.2 Å². The first-order chi connectivity index (χ1) is 13.2. The SMILES string of the molecule is COCc1cc(C(=O)Nc2cc(OC)c(OCc3ccccn3)nn2)no1. The van der Waals surface area contributed by atoms with Crippen molar-refractivity contribution < 1.29 is 23.5 Å². The standard InChI is InChI=1S/C17H17N5O5/c1-24-10-12-7-13(22-27-12)16(23)19-15-8-14(25-2)17(21-20-15)26-9-11-5-3-4-6-18-11/h3-8H,9-10H2,1-2H3,(H,19,20,23). The molecular formula is C17H17N5O5. The van der Waals surface area contributed by atoms with Crippen LogP contribution < -0.4 is 14.8 Å². The minimum absolute atomic E-state index is 0.0956. The monoisotopic (exact) mass is 371 g/mol. The van der Waals surface area contributed by atoms with Gasteiger partial charge in [0, 0.05) is 25.4 Å². The van der Waals surface area contributed by atoms with E-state index in [1.54, 1.807) is 6.20 Å². The zero-order valence-electron chi connectivity index (χ0n) is 14.7. The third-order valence-electron chi connectivity index (χ3n) is 3.35. The summed E-state index contributed by atoms with van der Waals surface area (Å²) in [7, 11) is 2.98. The fourth-order valence-electron chi connectivity index (χ4n) is 2.11. The number of aromatic nitrogens is 4. The van der Waals surface area contributed by atoms with Gasteiger partial charge in [-0.15, -0.1) is 10.2 Å². The molecule has 3 heterocycles. The molecule has 0 aliphatic rings. The average molecular weight is 371 g/mol. The Bertz CT molecular complexity index is 900. The van der Waals surface area contributed by atoms with Crippen LogP contribution in [-0.4, -0.2) is 40.5 Å². The molecule has 0 aliphatic carbocycles. The quantitative estimate of drug-likeness (QED) is 0.632. The van der Waals surface area contributed by atoms with E-state index in [2.05, 4.69) is 25.7 Å². The number of pyridine rings is 1. The summed E-state index contributed by atoms with van der Waals surface area (Å²) in [6.07, 6.45) is 1.67. The van der Waals surface area contributed by atoms with E-state index in [1.165, 1.54) is 26.4 Å². The number of methoxy groups -OCH3 is 2. The first-order valence-electron chi connectivity index (χ1n) is 7.90. The number of nitrogens with one attached hydrogen (secondary N) is 1. The average Bonchev–Trinajstić information content (AvgIpc) is 3.17. The molecule has 1 N–H and O–H groups in total. The number of carbonyl (C=O) groups excluding carboxylic acids is 1. The van der Waals surface area contributed by atoms with Crippen molar-refractivity contribution in [3.63, 3.8) is 0 Å². The highest BCUT2D eigenvalue weighted by Crippen LogP contribution is 2.26. The van der Waals surface area contributed by atoms with Gasteiger partial charge in [0.25, 0.3) is 11.8 Å². The lowest BCUT2D eigenvalue weighted by Crippen LogP contribution is -2.14. The van der Waals surface area contributed by atoms with Gasteiger partial charge >= 0.3 is 0 Å². The molecule has 0 aromatic carbocycles. The summed E-state index contributed by atoms with van der Waals surface area (Å²) in [5, 5.41) is 14.1. The molecule has 27 heavy (non-hydrogen) atoms. The lowest BCUT2D eigenvalue weighted by atomic mass is 10.3. The van der Waals surface area contributed by atoms with Gasteiger partial charge in [0.05, 0.1) is 12.8 Å². The van der Waals surface area contributed by atoms with Crippen molar-refractivity contribution in [2.75, 3.05) is 19.5 Å². The Morgan fingerprint density at radius 2 is 2.07 bits per heavy atom. The van der Waals surface area contributed by atoms with E-state index < -0.39 is 5.91 Å². The van der Waals surface area contributed by atoms with Crippen LogP contribution in [0.1, 0.15) is 21.9 Å². The third kappa shape index (κ3) is 4.76. The smallest absolute Gasteiger partial charge is 0.279 e. The van der Waals surface area contributed by atoms with E-state index in [1.807, 2.05) is 18.2 Å². The summed E-state index contributed by atoms with van der Waals surface area (Å²) < 4.78 is 20.7. The Hall–Kier alpha value is -3.53. The molecule has 3 rings (SSSR count). The van der Waals surface area contributed by atoms with Gasteiger partial charge in [-0.25, -0.2) is 0 Å². The van der Waals surface area contributed by atoms with E-state index in [4.69, 9.17) is 18.7 Å². The second-order valence-corrected chi connectivity index (χ2v) is 5.28. The molecule has 0 spiro atoms. The summed E-state index contributed by atoms with van der Waals surface area (Å²) >= 11 is 0. The molecule has 0 atom stereocenters. The fraction of sp³-hybridized carbons (Fsp3) is 0.235. The van der Waals surface area contributed by atoms with E-state index in [9.17, 15) is 4.79 Å². The molecule has 0 fully saturated rings. The minimum atomic E-state index is -0.500. The van der Waals surface area contributed by atoms with Crippen molar-refractivity contribution in [1.82, 2.24) is 20.3 Å². The van der Waals surface area contributed by atoms with Gasteiger partial charge in [0.15, 0.2) is 23.0 Å². The Balaban J connectivity index is 1.66. The third-order valence-corrected chi connectivity index (χ3v) is 3.35. The van der Waals surface area contributed by atoms with Crippen molar-refractivity contribution in [1.29, 1.82) is 0 Å². The maximum Gasteiger partial charge on any atom is 0.279 e.